The molecule has 166 valence electrons. The maximum absolute atomic E-state index is 14.4. The Morgan fingerprint density at radius 1 is 1.09 bits per heavy atom. The van der Waals surface area contributed by atoms with E-state index >= 15 is 0 Å². The number of hydrogen-bond acceptors (Lipinski definition) is 4. The van der Waals surface area contributed by atoms with E-state index in [-0.39, 0.29) is 12.2 Å². The lowest BCUT2D eigenvalue weighted by molar-refractivity contribution is -0.385. The molecule has 0 fully saturated rings. The van der Waals surface area contributed by atoms with Crippen molar-refractivity contribution < 1.29 is 18.4 Å². The highest BCUT2D eigenvalue weighted by Crippen LogP contribution is 2.31. The summed E-state index contributed by atoms with van der Waals surface area (Å²) in [5, 5.41) is 11.4. The second kappa shape index (κ2) is 10.9. The van der Waals surface area contributed by atoms with Gasteiger partial charge in [0, 0.05) is 36.5 Å². The van der Waals surface area contributed by atoms with Gasteiger partial charge in [-0.25, -0.2) is 8.78 Å². The Kier molecular flexibility index (Phi) is 7.94. The van der Waals surface area contributed by atoms with E-state index in [2.05, 4.69) is 15.9 Å². The largest absolute Gasteiger partial charge is 0.490 e. The summed E-state index contributed by atoms with van der Waals surface area (Å²) in [5.41, 5.74) is 2.25. The van der Waals surface area contributed by atoms with E-state index in [1.54, 1.807) is 24.0 Å². The summed E-state index contributed by atoms with van der Waals surface area (Å²) < 4.78 is 33.3. The van der Waals surface area contributed by atoms with Gasteiger partial charge < -0.3 is 9.64 Å². The van der Waals surface area contributed by atoms with Gasteiger partial charge in [-0.15, -0.1) is 0 Å². The van der Waals surface area contributed by atoms with Crippen molar-refractivity contribution in [2.75, 3.05) is 11.5 Å². The van der Waals surface area contributed by atoms with Crippen molar-refractivity contribution in [2.45, 2.75) is 20.0 Å². The van der Waals surface area contributed by atoms with Crippen LogP contribution in [-0.2, 0) is 13.1 Å². The minimum atomic E-state index is -0.665. The van der Waals surface area contributed by atoms with E-state index in [1.165, 1.54) is 18.2 Å². The lowest BCUT2D eigenvalue weighted by atomic mass is 10.1. The van der Waals surface area contributed by atoms with Crippen LogP contribution in [-0.4, -0.2) is 11.5 Å². The molecule has 0 atom stereocenters. The molecular formula is C24H21BrF2N2O3. The molecule has 3 aromatic rings. The number of nitro benzene ring substituents is 1. The van der Waals surface area contributed by atoms with Crippen LogP contribution in [0, 0.1) is 28.7 Å². The van der Waals surface area contributed by atoms with Gasteiger partial charge in [-0.2, -0.15) is 0 Å². The van der Waals surface area contributed by atoms with Gasteiger partial charge in [0.15, 0.2) is 0 Å². The minimum absolute atomic E-state index is 0.0179. The molecule has 0 bridgehead atoms. The van der Waals surface area contributed by atoms with E-state index in [1.807, 2.05) is 35.2 Å². The Labute approximate surface area is 193 Å². The third-order valence-corrected chi connectivity index (χ3v) is 5.30. The van der Waals surface area contributed by atoms with Gasteiger partial charge >= 0.3 is 0 Å². The zero-order chi connectivity index (χ0) is 23.1. The van der Waals surface area contributed by atoms with Crippen LogP contribution < -0.4 is 9.64 Å². The van der Waals surface area contributed by atoms with Crippen LogP contribution in [0.5, 0.6) is 5.75 Å². The first-order valence-corrected chi connectivity index (χ1v) is 10.7. The van der Waals surface area contributed by atoms with Crippen molar-refractivity contribution in [3.63, 3.8) is 0 Å². The normalized spacial score (nSPS) is 11.0. The molecule has 0 amide bonds. The summed E-state index contributed by atoms with van der Waals surface area (Å²) >= 11 is 3.18. The van der Waals surface area contributed by atoms with E-state index in [0.717, 1.165) is 11.6 Å². The van der Waals surface area contributed by atoms with Crippen molar-refractivity contribution in [1.29, 1.82) is 0 Å². The molecule has 0 aliphatic carbocycles. The zero-order valence-corrected chi connectivity index (χ0v) is 18.9. The first-order chi connectivity index (χ1) is 15.4. The number of nitrogens with zero attached hydrogens (tertiary/aromatic N) is 2. The number of nitro groups is 1. The highest BCUT2D eigenvalue weighted by atomic mass is 79.9. The van der Waals surface area contributed by atoms with Crippen molar-refractivity contribution in [1.82, 2.24) is 0 Å². The number of benzene rings is 3. The molecule has 0 heterocycles. The van der Waals surface area contributed by atoms with Crippen molar-refractivity contribution in [3.8, 4) is 5.75 Å². The SMILES string of the molecule is Cc1c(N(Cc2ccc(OC/C=C/Br)cc2)Cc2ccc(F)cc2F)cccc1[N+](=O)[O-]. The number of ether oxygens (including phenoxy) is 1. The molecule has 0 unspecified atom stereocenters. The monoisotopic (exact) mass is 502 g/mol. The number of hydrogen-bond donors (Lipinski definition) is 0. The Hall–Kier alpha value is -3.26. The molecule has 3 aromatic carbocycles. The summed E-state index contributed by atoms with van der Waals surface area (Å²) in [5.74, 6) is -0.627. The number of halogens is 3. The summed E-state index contributed by atoms with van der Waals surface area (Å²) in [6.07, 6.45) is 1.82. The molecule has 0 radical (unpaired) electrons. The Bertz CT molecular complexity index is 1120. The smallest absolute Gasteiger partial charge is 0.274 e. The molecule has 5 nitrogen and oxygen atoms in total. The molecule has 32 heavy (non-hydrogen) atoms. The quantitative estimate of drug-likeness (QED) is 0.242. The van der Waals surface area contributed by atoms with Crippen LogP contribution in [0.25, 0.3) is 0 Å². The number of anilines is 1. The van der Waals surface area contributed by atoms with E-state index in [9.17, 15) is 18.9 Å². The second-order valence-corrected chi connectivity index (χ2v) is 7.62. The first-order valence-electron chi connectivity index (χ1n) is 9.79. The van der Waals surface area contributed by atoms with Crippen molar-refractivity contribution >= 4 is 27.3 Å². The third kappa shape index (κ3) is 5.91. The molecule has 0 saturated carbocycles. The van der Waals surface area contributed by atoms with Crippen molar-refractivity contribution in [2.24, 2.45) is 0 Å². The van der Waals surface area contributed by atoms with Crippen LogP contribution >= 0.6 is 15.9 Å². The average Bonchev–Trinajstić information content (AvgIpc) is 2.76. The summed E-state index contributed by atoms with van der Waals surface area (Å²) in [4.78, 5) is 14.5. The van der Waals surface area contributed by atoms with Gasteiger partial charge in [-0.3, -0.25) is 10.1 Å². The van der Waals surface area contributed by atoms with E-state index in [4.69, 9.17) is 4.74 Å². The Balaban J connectivity index is 1.92. The highest BCUT2D eigenvalue weighted by molar-refractivity contribution is 9.11. The molecule has 0 aliphatic rings. The molecule has 0 aromatic heterocycles. The van der Waals surface area contributed by atoms with Crippen LogP contribution in [0.15, 0.2) is 71.7 Å². The Morgan fingerprint density at radius 3 is 2.50 bits per heavy atom. The highest BCUT2D eigenvalue weighted by Gasteiger charge is 2.19. The lowest BCUT2D eigenvalue weighted by Gasteiger charge is -2.27. The standard InChI is InChI=1S/C24H21BrF2N2O3/c1-17-23(4-2-5-24(17)29(30)31)28(16-19-8-9-20(26)14-22(19)27)15-18-6-10-21(11-7-18)32-13-3-12-25/h2-12,14H,13,15-16H2,1H3/b12-3+. The molecule has 0 spiro atoms. The van der Waals surface area contributed by atoms with Crippen LogP contribution in [0.3, 0.4) is 0 Å². The van der Waals surface area contributed by atoms with E-state index < -0.39 is 16.6 Å². The van der Waals surface area contributed by atoms with E-state index in [0.29, 0.717) is 35.7 Å². The van der Waals surface area contributed by atoms with Gasteiger partial charge in [0.05, 0.1) is 10.5 Å². The average molecular weight is 503 g/mol. The van der Waals surface area contributed by atoms with Crippen molar-refractivity contribution in [3.05, 3.63) is 110 Å². The summed E-state index contributed by atoms with van der Waals surface area (Å²) in [7, 11) is 0. The molecular weight excluding hydrogens is 482 g/mol. The Morgan fingerprint density at radius 2 is 1.84 bits per heavy atom. The van der Waals surface area contributed by atoms with Crippen LogP contribution in [0.2, 0.25) is 0 Å². The molecule has 0 aliphatic heterocycles. The summed E-state index contributed by atoms with van der Waals surface area (Å²) in [6.45, 7) is 2.56. The fourth-order valence-corrected chi connectivity index (χ4v) is 3.48. The number of rotatable bonds is 9. The molecule has 8 heteroatoms. The van der Waals surface area contributed by atoms with Gasteiger partial charge in [0.1, 0.15) is 24.0 Å². The molecule has 3 rings (SSSR count). The minimum Gasteiger partial charge on any atom is -0.490 e. The van der Waals surface area contributed by atoms with Gasteiger partial charge in [0.25, 0.3) is 5.69 Å². The molecule has 0 saturated heterocycles. The van der Waals surface area contributed by atoms with Crippen LogP contribution in [0.4, 0.5) is 20.2 Å². The second-order valence-electron chi connectivity index (χ2n) is 7.09. The molecule has 0 N–H and O–H groups in total. The van der Waals surface area contributed by atoms with Crippen LogP contribution in [0.1, 0.15) is 16.7 Å². The first kappa shape index (κ1) is 23.4. The maximum atomic E-state index is 14.4. The predicted octanol–water partition coefficient (Wildman–Crippen LogP) is 6.68. The summed E-state index contributed by atoms with van der Waals surface area (Å²) in [6, 6.07) is 15.6. The van der Waals surface area contributed by atoms with Gasteiger partial charge in [-0.1, -0.05) is 40.2 Å². The fourth-order valence-electron chi connectivity index (χ4n) is 3.33. The predicted molar refractivity (Wildman–Crippen MR) is 124 cm³/mol. The van der Waals surface area contributed by atoms with Gasteiger partial charge in [-0.05, 0) is 47.8 Å². The topological polar surface area (TPSA) is 55.6 Å². The third-order valence-electron chi connectivity index (χ3n) is 4.92. The van der Waals surface area contributed by atoms with Gasteiger partial charge in [0.2, 0.25) is 0 Å². The maximum Gasteiger partial charge on any atom is 0.274 e. The zero-order valence-electron chi connectivity index (χ0n) is 17.3. The lowest BCUT2D eigenvalue weighted by Crippen LogP contribution is -2.24. The fraction of sp³-hybridized carbons (Fsp3) is 0.167.